The van der Waals surface area contributed by atoms with E-state index < -0.39 is 0 Å². The summed E-state index contributed by atoms with van der Waals surface area (Å²) in [4.78, 5) is 6.90. The number of ether oxygens (including phenoxy) is 2. The van der Waals surface area contributed by atoms with Gasteiger partial charge in [0.2, 0.25) is 0 Å². The molecule has 4 rings (SSSR count). The van der Waals surface area contributed by atoms with Crippen LogP contribution in [-0.4, -0.2) is 31.3 Å². The Morgan fingerprint density at radius 3 is 2.52 bits per heavy atom. The summed E-state index contributed by atoms with van der Waals surface area (Å²) >= 11 is 0. The maximum Gasteiger partial charge on any atom is 0.133 e. The van der Waals surface area contributed by atoms with Crippen molar-refractivity contribution in [3.63, 3.8) is 0 Å². The van der Waals surface area contributed by atoms with Crippen LogP contribution in [0.15, 0.2) is 72.9 Å². The molecule has 152 valence electrons. The molecular formula is C23H26ClN3O2. The van der Waals surface area contributed by atoms with Crippen LogP contribution in [0.1, 0.15) is 11.1 Å². The van der Waals surface area contributed by atoms with Crippen LogP contribution in [-0.2, 0) is 17.8 Å². The van der Waals surface area contributed by atoms with Gasteiger partial charge in [-0.05, 0) is 35.9 Å². The molecule has 1 N–H and O–H groups in total. The molecule has 0 bridgehead atoms. The highest BCUT2D eigenvalue weighted by Gasteiger charge is 2.15. The SMILES string of the molecule is Cl.c1ccc(Oc2cccc(CNCc3cccnc3N3CCOCC3)c2)cc1. The molecular weight excluding hydrogens is 386 g/mol. The lowest BCUT2D eigenvalue weighted by atomic mass is 10.2. The Labute approximate surface area is 178 Å². The topological polar surface area (TPSA) is 46.6 Å². The van der Waals surface area contributed by atoms with Gasteiger partial charge < -0.3 is 19.7 Å². The third-order valence-corrected chi connectivity index (χ3v) is 4.70. The lowest BCUT2D eigenvalue weighted by Crippen LogP contribution is -2.37. The van der Waals surface area contributed by atoms with Gasteiger partial charge in [-0.2, -0.15) is 0 Å². The van der Waals surface area contributed by atoms with E-state index in [9.17, 15) is 0 Å². The van der Waals surface area contributed by atoms with Crippen molar-refractivity contribution in [2.45, 2.75) is 13.1 Å². The first-order chi connectivity index (χ1) is 13.9. The molecule has 1 aromatic heterocycles. The van der Waals surface area contributed by atoms with Crippen molar-refractivity contribution < 1.29 is 9.47 Å². The van der Waals surface area contributed by atoms with E-state index in [1.54, 1.807) is 0 Å². The number of morpholine rings is 1. The molecule has 0 amide bonds. The molecule has 6 heteroatoms. The molecule has 0 aliphatic carbocycles. The average molecular weight is 412 g/mol. The molecule has 1 aliphatic rings. The lowest BCUT2D eigenvalue weighted by molar-refractivity contribution is 0.122. The van der Waals surface area contributed by atoms with Gasteiger partial charge in [-0.25, -0.2) is 4.98 Å². The Morgan fingerprint density at radius 1 is 0.897 bits per heavy atom. The molecule has 0 saturated carbocycles. The Balaban J connectivity index is 0.00000240. The zero-order valence-corrected chi connectivity index (χ0v) is 17.1. The number of halogens is 1. The second-order valence-corrected chi connectivity index (χ2v) is 6.75. The summed E-state index contributed by atoms with van der Waals surface area (Å²) in [7, 11) is 0. The van der Waals surface area contributed by atoms with Gasteiger partial charge in [0.25, 0.3) is 0 Å². The molecule has 1 fully saturated rings. The van der Waals surface area contributed by atoms with E-state index in [0.717, 1.165) is 56.7 Å². The van der Waals surface area contributed by atoms with Crippen molar-refractivity contribution in [2.24, 2.45) is 0 Å². The monoisotopic (exact) mass is 411 g/mol. The smallest absolute Gasteiger partial charge is 0.133 e. The predicted molar refractivity (Wildman–Crippen MR) is 118 cm³/mol. The maximum atomic E-state index is 5.93. The fraction of sp³-hybridized carbons (Fsp3) is 0.261. The molecule has 1 saturated heterocycles. The van der Waals surface area contributed by atoms with Gasteiger partial charge in [0, 0.05) is 37.9 Å². The molecule has 0 atom stereocenters. The van der Waals surface area contributed by atoms with Gasteiger partial charge in [0.05, 0.1) is 13.2 Å². The molecule has 3 aromatic rings. The van der Waals surface area contributed by atoms with E-state index in [2.05, 4.69) is 33.4 Å². The van der Waals surface area contributed by atoms with Crippen LogP contribution in [0.25, 0.3) is 0 Å². The maximum absolute atomic E-state index is 5.93. The molecule has 0 unspecified atom stereocenters. The Hall–Kier alpha value is -2.60. The Kier molecular flexibility index (Phi) is 7.87. The van der Waals surface area contributed by atoms with Gasteiger partial charge in [-0.1, -0.05) is 36.4 Å². The summed E-state index contributed by atoms with van der Waals surface area (Å²) in [5, 5.41) is 3.54. The fourth-order valence-electron chi connectivity index (χ4n) is 3.31. The van der Waals surface area contributed by atoms with Crippen LogP contribution in [0.2, 0.25) is 0 Å². The zero-order valence-electron chi connectivity index (χ0n) is 16.3. The third kappa shape index (κ3) is 5.94. The summed E-state index contributed by atoms with van der Waals surface area (Å²) in [6.07, 6.45) is 1.86. The highest BCUT2D eigenvalue weighted by atomic mass is 35.5. The normalized spacial score (nSPS) is 13.6. The highest BCUT2D eigenvalue weighted by molar-refractivity contribution is 5.85. The van der Waals surface area contributed by atoms with Crippen molar-refractivity contribution in [2.75, 3.05) is 31.2 Å². The summed E-state index contributed by atoms with van der Waals surface area (Å²) in [6, 6.07) is 22.2. The van der Waals surface area contributed by atoms with Gasteiger partial charge in [-0.3, -0.25) is 0 Å². The van der Waals surface area contributed by atoms with Gasteiger partial charge >= 0.3 is 0 Å². The molecule has 1 aliphatic heterocycles. The van der Waals surface area contributed by atoms with Crippen LogP contribution >= 0.6 is 12.4 Å². The van der Waals surface area contributed by atoms with Crippen molar-refractivity contribution in [3.05, 3.63) is 84.1 Å². The third-order valence-electron chi connectivity index (χ3n) is 4.70. The number of nitrogens with zero attached hydrogens (tertiary/aromatic N) is 2. The summed E-state index contributed by atoms with van der Waals surface area (Å²) in [6.45, 7) is 4.84. The number of pyridine rings is 1. The number of hydrogen-bond donors (Lipinski definition) is 1. The number of nitrogens with one attached hydrogen (secondary N) is 1. The summed E-state index contributed by atoms with van der Waals surface area (Å²) in [5.41, 5.74) is 2.39. The first kappa shape index (κ1) is 21.1. The second kappa shape index (κ2) is 10.8. The van der Waals surface area contributed by atoms with Crippen LogP contribution in [0.3, 0.4) is 0 Å². The van der Waals surface area contributed by atoms with Crippen molar-refractivity contribution >= 4 is 18.2 Å². The van der Waals surface area contributed by atoms with E-state index in [1.807, 2.05) is 54.7 Å². The minimum absolute atomic E-state index is 0. The Bertz CT molecular complexity index is 886. The van der Waals surface area contributed by atoms with Crippen LogP contribution in [0.5, 0.6) is 11.5 Å². The fourth-order valence-corrected chi connectivity index (χ4v) is 3.31. The van der Waals surface area contributed by atoms with Crippen molar-refractivity contribution in [1.82, 2.24) is 10.3 Å². The molecule has 5 nitrogen and oxygen atoms in total. The van der Waals surface area contributed by atoms with E-state index in [0.29, 0.717) is 0 Å². The first-order valence-corrected chi connectivity index (χ1v) is 9.68. The van der Waals surface area contributed by atoms with Crippen LogP contribution < -0.4 is 15.0 Å². The number of para-hydroxylation sites is 1. The van der Waals surface area contributed by atoms with Gasteiger partial charge in [-0.15, -0.1) is 12.4 Å². The number of hydrogen-bond acceptors (Lipinski definition) is 5. The van der Waals surface area contributed by atoms with E-state index in [1.165, 1.54) is 11.1 Å². The minimum atomic E-state index is 0. The zero-order chi connectivity index (χ0) is 19.0. The van der Waals surface area contributed by atoms with Crippen molar-refractivity contribution in [3.8, 4) is 11.5 Å². The molecule has 0 spiro atoms. The van der Waals surface area contributed by atoms with Gasteiger partial charge in [0.1, 0.15) is 17.3 Å². The first-order valence-electron chi connectivity index (χ1n) is 9.68. The number of rotatable bonds is 7. The molecule has 0 radical (unpaired) electrons. The minimum Gasteiger partial charge on any atom is -0.457 e. The lowest BCUT2D eigenvalue weighted by Gasteiger charge is -2.29. The van der Waals surface area contributed by atoms with Crippen LogP contribution in [0.4, 0.5) is 5.82 Å². The molecule has 2 heterocycles. The largest absolute Gasteiger partial charge is 0.457 e. The van der Waals surface area contributed by atoms with E-state index >= 15 is 0 Å². The quantitative estimate of drug-likeness (QED) is 0.623. The van der Waals surface area contributed by atoms with Gasteiger partial charge in [0.15, 0.2) is 0 Å². The van der Waals surface area contributed by atoms with E-state index in [-0.39, 0.29) is 12.4 Å². The predicted octanol–water partition coefficient (Wildman–Crippen LogP) is 4.42. The average Bonchev–Trinajstić information content (AvgIpc) is 2.76. The number of aromatic nitrogens is 1. The molecule has 2 aromatic carbocycles. The van der Waals surface area contributed by atoms with Crippen LogP contribution in [0, 0.1) is 0 Å². The highest BCUT2D eigenvalue weighted by Crippen LogP contribution is 2.22. The second-order valence-electron chi connectivity index (χ2n) is 6.75. The Morgan fingerprint density at radius 2 is 1.69 bits per heavy atom. The number of anilines is 1. The summed E-state index contributed by atoms with van der Waals surface area (Å²) in [5.74, 6) is 2.75. The van der Waals surface area contributed by atoms with Crippen molar-refractivity contribution in [1.29, 1.82) is 0 Å². The number of benzene rings is 2. The van der Waals surface area contributed by atoms with E-state index in [4.69, 9.17) is 9.47 Å². The standard InChI is InChI=1S/C23H25N3O2.ClH/c1-2-8-21(9-3-1)28-22-10-4-6-19(16-22)17-24-18-20-7-5-11-25-23(20)26-12-14-27-15-13-26;/h1-11,16,24H,12-15,17-18H2;1H. The summed E-state index contributed by atoms with van der Waals surface area (Å²) < 4.78 is 11.4. The molecule has 29 heavy (non-hydrogen) atoms.